The second-order valence-electron chi connectivity index (χ2n) is 6.80. The van der Waals surface area contributed by atoms with Crippen LogP contribution in [0, 0.1) is 5.82 Å². The van der Waals surface area contributed by atoms with Crippen molar-refractivity contribution < 1.29 is 22.4 Å². The Morgan fingerprint density at radius 2 is 1.72 bits per heavy atom. The molecule has 4 rings (SSSR count). The molecular formula is C23H15F4N3OS. The third-order valence-corrected chi connectivity index (χ3v) is 5.46. The van der Waals surface area contributed by atoms with Gasteiger partial charge in [0.25, 0.3) is 0 Å². The molecule has 0 saturated carbocycles. The molecule has 0 atom stereocenters. The van der Waals surface area contributed by atoms with E-state index in [-0.39, 0.29) is 11.4 Å². The maximum absolute atomic E-state index is 13.8. The monoisotopic (exact) mass is 457 g/mol. The molecule has 162 valence electrons. The summed E-state index contributed by atoms with van der Waals surface area (Å²) in [5.74, 6) is -0.694. The number of nitrogens with one attached hydrogen (secondary N) is 1. The van der Waals surface area contributed by atoms with Crippen LogP contribution >= 0.6 is 11.8 Å². The Hall–Kier alpha value is -3.46. The number of fused-ring (bicyclic) bond motifs is 1. The van der Waals surface area contributed by atoms with Crippen molar-refractivity contribution in [3.05, 3.63) is 84.2 Å². The number of amides is 1. The van der Waals surface area contributed by atoms with Gasteiger partial charge in [-0.05, 0) is 36.4 Å². The molecule has 9 heteroatoms. The lowest BCUT2D eigenvalue weighted by atomic mass is 10.2. The Morgan fingerprint density at radius 1 is 0.938 bits per heavy atom. The first-order valence-electron chi connectivity index (χ1n) is 9.42. The molecule has 32 heavy (non-hydrogen) atoms. The quantitative estimate of drug-likeness (QED) is 0.221. The summed E-state index contributed by atoms with van der Waals surface area (Å²) in [6.07, 6.45) is -4.51. The van der Waals surface area contributed by atoms with Gasteiger partial charge < -0.3 is 5.32 Å². The summed E-state index contributed by atoms with van der Waals surface area (Å²) >= 11 is 1.05. The minimum Gasteiger partial charge on any atom is -0.325 e. The van der Waals surface area contributed by atoms with Crippen molar-refractivity contribution in [2.24, 2.45) is 0 Å². The number of nitrogens with zero attached hydrogens (tertiary/aromatic N) is 2. The molecule has 0 bridgehead atoms. The van der Waals surface area contributed by atoms with Gasteiger partial charge in [-0.15, -0.1) is 0 Å². The van der Waals surface area contributed by atoms with Crippen LogP contribution in [0.1, 0.15) is 5.56 Å². The van der Waals surface area contributed by atoms with Crippen LogP contribution in [0.25, 0.3) is 22.3 Å². The van der Waals surface area contributed by atoms with Gasteiger partial charge in [-0.2, -0.15) is 13.2 Å². The van der Waals surface area contributed by atoms with E-state index < -0.39 is 23.5 Å². The SMILES string of the molecule is O=C(CSc1nc(-c2ccccc2)nc2ccc(F)cc12)Nc1cccc(C(F)(F)F)c1. The molecule has 1 aromatic heterocycles. The van der Waals surface area contributed by atoms with Gasteiger partial charge in [0.05, 0.1) is 16.8 Å². The van der Waals surface area contributed by atoms with Crippen LogP contribution in [0.15, 0.2) is 77.8 Å². The minimum absolute atomic E-state index is 0.0361. The lowest BCUT2D eigenvalue weighted by molar-refractivity contribution is -0.137. The Balaban J connectivity index is 1.57. The molecule has 0 aliphatic carbocycles. The first-order chi connectivity index (χ1) is 15.3. The van der Waals surface area contributed by atoms with E-state index in [1.54, 1.807) is 0 Å². The van der Waals surface area contributed by atoms with Crippen LogP contribution in [0.5, 0.6) is 0 Å². The lowest BCUT2D eigenvalue weighted by Gasteiger charge is -2.11. The van der Waals surface area contributed by atoms with Crippen molar-refractivity contribution in [1.29, 1.82) is 0 Å². The summed E-state index contributed by atoms with van der Waals surface area (Å²) in [5.41, 5.74) is 0.455. The number of rotatable bonds is 5. The van der Waals surface area contributed by atoms with Crippen LogP contribution in [0.2, 0.25) is 0 Å². The highest BCUT2D eigenvalue weighted by Gasteiger charge is 2.30. The molecule has 1 heterocycles. The first kappa shape index (κ1) is 21.8. The predicted molar refractivity (Wildman–Crippen MR) is 116 cm³/mol. The van der Waals surface area contributed by atoms with E-state index in [1.807, 2.05) is 30.3 Å². The predicted octanol–water partition coefficient (Wildman–Crippen LogP) is 6.19. The molecule has 1 N–H and O–H groups in total. The highest BCUT2D eigenvalue weighted by molar-refractivity contribution is 8.00. The topological polar surface area (TPSA) is 54.9 Å². The molecule has 0 radical (unpaired) electrons. The molecule has 0 unspecified atom stereocenters. The normalized spacial score (nSPS) is 11.5. The number of thioether (sulfide) groups is 1. The van der Waals surface area contributed by atoms with Gasteiger partial charge in [0.1, 0.15) is 10.8 Å². The fraction of sp³-hybridized carbons (Fsp3) is 0.0870. The number of hydrogen-bond acceptors (Lipinski definition) is 4. The molecule has 0 saturated heterocycles. The number of aromatic nitrogens is 2. The second-order valence-corrected chi connectivity index (χ2v) is 7.76. The molecule has 0 spiro atoms. The average Bonchev–Trinajstić information content (AvgIpc) is 2.77. The van der Waals surface area contributed by atoms with Gasteiger partial charge in [0.15, 0.2) is 5.82 Å². The molecule has 3 aromatic carbocycles. The molecule has 4 nitrogen and oxygen atoms in total. The zero-order valence-corrected chi connectivity index (χ0v) is 17.2. The lowest BCUT2D eigenvalue weighted by Crippen LogP contribution is -2.15. The highest BCUT2D eigenvalue weighted by Crippen LogP contribution is 2.31. The molecule has 1 amide bonds. The number of carbonyl (C=O) groups excluding carboxylic acids is 1. The summed E-state index contributed by atoms with van der Waals surface area (Å²) in [5, 5.41) is 3.29. The van der Waals surface area contributed by atoms with Crippen LogP contribution < -0.4 is 5.32 Å². The number of alkyl halides is 3. The third kappa shape index (κ3) is 5.05. The van der Waals surface area contributed by atoms with E-state index >= 15 is 0 Å². The van der Waals surface area contributed by atoms with Gasteiger partial charge >= 0.3 is 6.18 Å². The maximum Gasteiger partial charge on any atom is 0.416 e. The largest absolute Gasteiger partial charge is 0.416 e. The smallest absolute Gasteiger partial charge is 0.325 e. The minimum atomic E-state index is -4.51. The van der Waals surface area contributed by atoms with E-state index in [4.69, 9.17) is 0 Å². The Bertz CT molecular complexity index is 1280. The van der Waals surface area contributed by atoms with Gasteiger partial charge in [-0.25, -0.2) is 14.4 Å². The molecule has 0 aliphatic rings. The summed E-state index contributed by atoms with van der Waals surface area (Å²) in [7, 11) is 0. The van der Waals surface area contributed by atoms with Gasteiger partial charge in [-0.1, -0.05) is 48.2 Å². The molecule has 0 aliphatic heterocycles. The Kier molecular flexibility index (Phi) is 6.09. The second kappa shape index (κ2) is 8.96. The number of benzene rings is 3. The van der Waals surface area contributed by atoms with Crippen molar-refractivity contribution in [3.63, 3.8) is 0 Å². The Labute approximate surface area is 184 Å². The van der Waals surface area contributed by atoms with Crippen LogP contribution in [0.4, 0.5) is 23.2 Å². The Morgan fingerprint density at radius 3 is 2.47 bits per heavy atom. The molecule has 0 fully saturated rings. The molecule has 4 aromatic rings. The van der Waals surface area contributed by atoms with Crippen molar-refractivity contribution in [1.82, 2.24) is 9.97 Å². The standard InChI is InChI=1S/C23H15F4N3OS/c24-16-9-10-19-18(12-16)22(30-21(29-19)14-5-2-1-3-6-14)32-13-20(31)28-17-8-4-7-15(11-17)23(25,26)27/h1-12H,13H2,(H,28,31). The summed E-state index contributed by atoms with van der Waals surface area (Å²) in [6.45, 7) is 0. The number of carbonyl (C=O) groups is 1. The van der Waals surface area contributed by atoms with Crippen LogP contribution in [-0.4, -0.2) is 21.6 Å². The van der Waals surface area contributed by atoms with Gasteiger partial charge in [0.2, 0.25) is 5.91 Å². The van der Waals surface area contributed by atoms with Crippen molar-refractivity contribution >= 4 is 34.3 Å². The fourth-order valence-electron chi connectivity index (χ4n) is 3.00. The number of hydrogen-bond donors (Lipinski definition) is 1. The summed E-state index contributed by atoms with van der Waals surface area (Å²) in [4.78, 5) is 21.3. The highest BCUT2D eigenvalue weighted by atomic mass is 32.2. The maximum atomic E-state index is 13.8. The average molecular weight is 457 g/mol. The molecular weight excluding hydrogens is 442 g/mol. The van der Waals surface area contributed by atoms with E-state index in [1.165, 1.54) is 30.3 Å². The zero-order chi connectivity index (χ0) is 22.7. The van der Waals surface area contributed by atoms with E-state index in [0.717, 1.165) is 29.5 Å². The van der Waals surface area contributed by atoms with Crippen molar-refractivity contribution in [2.75, 3.05) is 11.1 Å². The third-order valence-electron chi connectivity index (χ3n) is 4.47. The number of anilines is 1. The van der Waals surface area contributed by atoms with Crippen LogP contribution in [0.3, 0.4) is 0 Å². The van der Waals surface area contributed by atoms with Crippen molar-refractivity contribution in [3.8, 4) is 11.4 Å². The number of halogens is 4. The van der Waals surface area contributed by atoms with Gasteiger partial charge in [0, 0.05) is 16.6 Å². The van der Waals surface area contributed by atoms with E-state index in [2.05, 4.69) is 15.3 Å². The van der Waals surface area contributed by atoms with E-state index in [0.29, 0.717) is 21.8 Å². The van der Waals surface area contributed by atoms with E-state index in [9.17, 15) is 22.4 Å². The summed E-state index contributed by atoms with van der Waals surface area (Å²) < 4.78 is 52.4. The zero-order valence-electron chi connectivity index (χ0n) is 16.4. The summed E-state index contributed by atoms with van der Waals surface area (Å²) in [6, 6.07) is 17.7. The van der Waals surface area contributed by atoms with Crippen LogP contribution in [-0.2, 0) is 11.0 Å². The first-order valence-corrected chi connectivity index (χ1v) is 10.4. The fourth-order valence-corrected chi connectivity index (χ4v) is 3.81. The van der Waals surface area contributed by atoms with Gasteiger partial charge in [-0.3, -0.25) is 4.79 Å². The van der Waals surface area contributed by atoms with Crippen molar-refractivity contribution in [2.45, 2.75) is 11.2 Å².